The van der Waals surface area contributed by atoms with Crippen LogP contribution in [0, 0.1) is 13.8 Å². The second-order valence-electron chi connectivity index (χ2n) is 3.19. The highest BCUT2D eigenvalue weighted by Gasteiger charge is 1.98. The van der Waals surface area contributed by atoms with Crippen LogP contribution >= 0.6 is 0 Å². The highest BCUT2D eigenvalue weighted by molar-refractivity contribution is 5.35. The summed E-state index contributed by atoms with van der Waals surface area (Å²) in [5.74, 6) is 0.956. The number of carbonyl (C=O) groups excluding carboxylic acids is 2. The number of ether oxygens (including phenoxy) is 2. The molecule has 1 rings (SSSR count). The Balaban J connectivity index is 0.000000673. The monoisotopic (exact) mass is 224 g/mol. The number of hydrogen-bond donors (Lipinski definition) is 0. The molecular formula is C12H16O4. The number of benzene rings is 1. The third-order valence-electron chi connectivity index (χ3n) is 1.89. The Kier molecular flexibility index (Phi) is 7.76. The quantitative estimate of drug-likeness (QED) is 0.731. The lowest BCUT2D eigenvalue weighted by Crippen LogP contribution is -2.05. The zero-order chi connectivity index (χ0) is 12.4. The minimum atomic E-state index is 0.250. The van der Waals surface area contributed by atoms with Crippen LogP contribution in [-0.4, -0.2) is 26.5 Å². The highest BCUT2D eigenvalue weighted by atomic mass is 16.5. The fourth-order valence-electron chi connectivity index (χ4n) is 1.10. The first-order valence-electron chi connectivity index (χ1n) is 4.84. The molecule has 0 heterocycles. The SMILES string of the molecule is COCCOc1cc(C)ccc1C.O=C=O. The number of rotatable bonds is 4. The molecule has 4 nitrogen and oxygen atoms in total. The van der Waals surface area contributed by atoms with Crippen LogP contribution in [0.2, 0.25) is 0 Å². The molecule has 0 fully saturated rings. The molecule has 0 aliphatic rings. The first-order chi connectivity index (χ1) is 7.65. The molecule has 0 saturated heterocycles. The topological polar surface area (TPSA) is 52.6 Å². The molecule has 16 heavy (non-hydrogen) atoms. The first kappa shape index (κ1) is 14.4. The molecular weight excluding hydrogens is 208 g/mol. The van der Waals surface area contributed by atoms with Gasteiger partial charge in [0, 0.05) is 7.11 Å². The highest BCUT2D eigenvalue weighted by Crippen LogP contribution is 2.18. The molecule has 0 radical (unpaired) electrons. The smallest absolute Gasteiger partial charge is 0.373 e. The van der Waals surface area contributed by atoms with Crippen LogP contribution in [0.15, 0.2) is 18.2 Å². The zero-order valence-corrected chi connectivity index (χ0v) is 9.78. The van der Waals surface area contributed by atoms with Gasteiger partial charge in [-0.1, -0.05) is 12.1 Å². The Morgan fingerprint density at radius 3 is 2.38 bits per heavy atom. The predicted molar refractivity (Wildman–Crippen MR) is 58.3 cm³/mol. The molecule has 0 saturated carbocycles. The molecule has 1 aromatic rings. The van der Waals surface area contributed by atoms with Crippen molar-refractivity contribution in [3.63, 3.8) is 0 Å². The van der Waals surface area contributed by atoms with Crippen molar-refractivity contribution in [3.05, 3.63) is 29.3 Å². The minimum absolute atomic E-state index is 0.250. The largest absolute Gasteiger partial charge is 0.491 e. The van der Waals surface area contributed by atoms with Gasteiger partial charge in [-0.05, 0) is 31.0 Å². The predicted octanol–water partition coefficient (Wildman–Crippen LogP) is 1.75. The number of hydrogen-bond acceptors (Lipinski definition) is 4. The Morgan fingerprint density at radius 1 is 1.19 bits per heavy atom. The summed E-state index contributed by atoms with van der Waals surface area (Å²) in [6.07, 6.45) is 0.250. The summed E-state index contributed by atoms with van der Waals surface area (Å²) in [4.78, 5) is 16.2. The average Bonchev–Trinajstić information content (AvgIpc) is 2.25. The second-order valence-corrected chi connectivity index (χ2v) is 3.19. The molecule has 0 unspecified atom stereocenters. The van der Waals surface area contributed by atoms with E-state index < -0.39 is 0 Å². The van der Waals surface area contributed by atoms with E-state index in [0.717, 1.165) is 5.75 Å². The van der Waals surface area contributed by atoms with Crippen LogP contribution in [0.25, 0.3) is 0 Å². The zero-order valence-electron chi connectivity index (χ0n) is 9.78. The fourth-order valence-corrected chi connectivity index (χ4v) is 1.10. The van der Waals surface area contributed by atoms with E-state index in [1.807, 2.05) is 13.0 Å². The molecule has 0 bridgehead atoms. The lowest BCUT2D eigenvalue weighted by Gasteiger charge is -2.08. The van der Waals surface area contributed by atoms with Gasteiger partial charge in [0.1, 0.15) is 12.4 Å². The first-order valence-corrected chi connectivity index (χ1v) is 4.84. The molecule has 0 aromatic heterocycles. The van der Waals surface area contributed by atoms with E-state index in [9.17, 15) is 0 Å². The summed E-state index contributed by atoms with van der Waals surface area (Å²) < 4.78 is 10.4. The van der Waals surface area contributed by atoms with Crippen molar-refractivity contribution in [1.29, 1.82) is 0 Å². The van der Waals surface area contributed by atoms with E-state index in [-0.39, 0.29) is 6.15 Å². The van der Waals surface area contributed by atoms with Crippen LogP contribution in [0.1, 0.15) is 11.1 Å². The molecule has 0 spiro atoms. The van der Waals surface area contributed by atoms with Crippen molar-refractivity contribution in [3.8, 4) is 5.75 Å². The van der Waals surface area contributed by atoms with E-state index >= 15 is 0 Å². The van der Waals surface area contributed by atoms with E-state index in [2.05, 4.69) is 19.1 Å². The summed E-state index contributed by atoms with van der Waals surface area (Å²) in [7, 11) is 1.67. The summed E-state index contributed by atoms with van der Waals surface area (Å²) in [6, 6.07) is 6.20. The molecule has 0 N–H and O–H groups in total. The van der Waals surface area contributed by atoms with Gasteiger partial charge in [-0.2, -0.15) is 9.59 Å². The van der Waals surface area contributed by atoms with Crippen LogP contribution < -0.4 is 4.74 Å². The molecule has 0 aliphatic heterocycles. The maximum Gasteiger partial charge on any atom is 0.373 e. The summed E-state index contributed by atoms with van der Waals surface area (Å²) in [6.45, 7) is 5.35. The van der Waals surface area contributed by atoms with Gasteiger partial charge in [-0.25, -0.2) is 0 Å². The van der Waals surface area contributed by atoms with Gasteiger partial charge in [0.2, 0.25) is 0 Å². The molecule has 0 aliphatic carbocycles. The summed E-state index contributed by atoms with van der Waals surface area (Å²) >= 11 is 0. The average molecular weight is 224 g/mol. The van der Waals surface area contributed by atoms with Crippen molar-refractivity contribution in [2.45, 2.75) is 13.8 Å². The summed E-state index contributed by atoms with van der Waals surface area (Å²) in [5, 5.41) is 0. The van der Waals surface area contributed by atoms with Gasteiger partial charge in [0.15, 0.2) is 0 Å². The van der Waals surface area contributed by atoms with Crippen LogP contribution in [0.4, 0.5) is 0 Å². The van der Waals surface area contributed by atoms with Gasteiger partial charge in [0.05, 0.1) is 6.61 Å². The van der Waals surface area contributed by atoms with Crippen LogP contribution in [-0.2, 0) is 14.3 Å². The van der Waals surface area contributed by atoms with Gasteiger partial charge in [-0.3, -0.25) is 0 Å². The van der Waals surface area contributed by atoms with E-state index in [1.165, 1.54) is 11.1 Å². The van der Waals surface area contributed by atoms with Crippen LogP contribution in [0.3, 0.4) is 0 Å². The van der Waals surface area contributed by atoms with Crippen molar-refractivity contribution in [2.24, 2.45) is 0 Å². The Labute approximate surface area is 95.2 Å². The van der Waals surface area contributed by atoms with E-state index in [0.29, 0.717) is 13.2 Å². The number of methoxy groups -OCH3 is 1. The van der Waals surface area contributed by atoms with Crippen molar-refractivity contribution in [2.75, 3.05) is 20.3 Å². The van der Waals surface area contributed by atoms with E-state index in [1.54, 1.807) is 7.11 Å². The molecule has 0 atom stereocenters. The molecule has 4 heteroatoms. The maximum atomic E-state index is 8.12. The normalized spacial score (nSPS) is 8.69. The van der Waals surface area contributed by atoms with Crippen molar-refractivity contribution < 1.29 is 19.1 Å². The Bertz CT molecular complexity index is 341. The summed E-state index contributed by atoms with van der Waals surface area (Å²) in [5.41, 5.74) is 2.39. The van der Waals surface area contributed by atoms with Gasteiger partial charge in [0.25, 0.3) is 0 Å². The van der Waals surface area contributed by atoms with Gasteiger partial charge in [-0.15, -0.1) is 0 Å². The van der Waals surface area contributed by atoms with Gasteiger partial charge >= 0.3 is 6.15 Å². The maximum absolute atomic E-state index is 8.12. The molecule has 0 amide bonds. The van der Waals surface area contributed by atoms with E-state index in [4.69, 9.17) is 19.1 Å². The lowest BCUT2D eigenvalue weighted by molar-refractivity contribution is -0.191. The standard InChI is InChI=1S/C11H16O2.CO2/c1-9-4-5-10(2)11(8-9)13-7-6-12-3;2-1-3/h4-5,8H,6-7H2,1-3H3;. The van der Waals surface area contributed by atoms with Crippen LogP contribution in [0.5, 0.6) is 5.75 Å². The lowest BCUT2D eigenvalue weighted by atomic mass is 10.1. The van der Waals surface area contributed by atoms with Crippen molar-refractivity contribution in [1.82, 2.24) is 0 Å². The molecule has 88 valence electrons. The Hall–Kier alpha value is -1.64. The fraction of sp³-hybridized carbons (Fsp3) is 0.417. The molecule has 1 aromatic carbocycles. The third-order valence-corrected chi connectivity index (χ3v) is 1.89. The second kappa shape index (κ2) is 8.65. The Morgan fingerprint density at radius 2 is 1.81 bits per heavy atom. The minimum Gasteiger partial charge on any atom is -0.491 e. The third kappa shape index (κ3) is 5.96. The van der Waals surface area contributed by atoms with Gasteiger partial charge < -0.3 is 9.47 Å². The van der Waals surface area contributed by atoms with Crippen molar-refractivity contribution >= 4 is 6.15 Å². The number of aryl methyl sites for hydroxylation is 2.